The van der Waals surface area contributed by atoms with E-state index < -0.39 is 5.60 Å². The van der Waals surface area contributed by atoms with Crippen molar-refractivity contribution in [3.05, 3.63) is 23.4 Å². The van der Waals surface area contributed by atoms with Crippen LogP contribution in [0.1, 0.15) is 43.6 Å². The van der Waals surface area contributed by atoms with Crippen LogP contribution in [0.5, 0.6) is 0 Å². The van der Waals surface area contributed by atoms with Gasteiger partial charge in [-0.3, -0.25) is 4.90 Å². The number of hydrogen-bond donors (Lipinski definition) is 1. The number of likely N-dealkylation sites (N-methyl/N-ethyl adjacent to an activating group) is 1. The predicted octanol–water partition coefficient (Wildman–Crippen LogP) is 2.17. The maximum atomic E-state index is 12.3. The Hall–Kier alpha value is -1.66. The number of rotatable bonds is 5. The van der Waals surface area contributed by atoms with Crippen LogP contribution in [0.3, 0.4) is 0 Å². The maximum absolute atomic E-state index is 12.3. The number of carbonyl (C=O) groups excluding carboxylic acids is 1. The van der Waals surface area contributed by atoms with Gasteiger partial charge in [0, 0.05) is 50.5 Å². The molecule has 0 bridgehead atoms. The number of esters is 1. The minimum atomic E-state index is -0.583. The first-order valence-corrected chi connectivity index (χ1v) is 9.19. The highest BCUT2D eigenvalue weighted by Crippen LogP contribution is 2.38. The zero-order valence-electron chi connectivity index (χ0n) is 16.0. The Bertz CT molecular complexity index is 636. The van der Waals surface area contributed by atoms with Crippen LogP contribution in [0.15, 0.2) is 12.3 Å². The molecule has 0 radical (unpaired) electrons. The molecule has 6 nitrogen and oxygen atoms in total. The lowest BCUT2D eigenvalue weighted by Gasteiger charge is -2.40. The lowest BCUT2D eigenvalue weighted by molar-refractivity contribution is 0.00958. The molecule has 3 heterocycles. The molecule has 1 N–H and O–H groups in total. The second-order valence-electron chi connectivity index (χ2n) is 8.01. The van der Waals surface area contributed by atoms with Crippen molar-refractivity contribution in [2.24, 2.45) is 5.92 Å². The second-order valence-corrected chi connectivity index (χ2v) is 8.01. The van der Waals surface area contributed by atoms with Crippen molar-refractivity contribution in [2.45, 2.75) is 39.3 Å². The van der Waals surface area contributed by atoms with E-state index in [0.717, 1.165) is 38.3 Å². The minimum absolute atomic E-state index is 0.281. The van der Waals surface area contributed by atoms with E-state index >= 15 is 0 Å². The predicted molar refractivity (Wildman–Crippen MR) is 98.9 cm³/mol. The Morgan fingerprint density at radius 3 is 2.60 bits per heavy atom. The second kappa shape index (κ2) is 6.92. The van der Waals surface area contributed by atoms with Gasteiger partial charge in [0.1, 0.15) is 17.0 Å². The van der Waals surface area contributed by atoms with Gasteiger partial charge in [-0.05, 0) is 32.9 Å². The third-order valence-corrected chi connectivity index (χ3v) is 5.41. The highest BCUT2D eigenvalue weighted by Gasteiger charge is 2.40. The molecule has 3 rings (SSSR count). The molecule has 0 aromatic carbocycles. The third kappa shape index (κ3) is 3.65. The molecule has 2 aliphatic heterocycles. The monoisotopic (exact) mass is 346 g/mol. The van der Waals surface area contributed by atoms with Crippen molar-refractivity contribution < 1.29 is 9.53 Å². The van der Waals surface area contributed by atoms with Gasteiger partial charge in [0.15, 0.2) is 0 Å². The Kier molecular flexibility index (Phi) is 5.02. The van der Waals surface area contributed by atoms with Crippen LogP contribution in [-0.4, -0.2) is 66.6 Å². The van der Waals surface area contributed by atoms with Crippen LogP contribution in [0.25, 0.3) is 0 Å². The highest BCUT2D eigenvalue weighted by atomic mass is 16.6. The van der Waals surface area contributed by atoms with Crippen LogP contribution in [-0.2, 0) is 10.3 Å². The molecule has 6 heteroatoms. The van der Waals surface area contributed by atoms with Gasteiger partial charge < -0.3 is 15.0 Å². The van der Waals surface area contributed by atoms with Gasteiger partial charge in [-0.2, -0.15) is 0 Å². The Labute approximate surface area is 150 Å². The fourth-order valence-corrected chi connectivity index (χ4v) is 3.78. The lowest BCUT2D eigenvalue weighted by Crippen LogP contribution is -2.52. The van der Waals surface area contributed by atoms with E-state index in [1.807, 2.05) is 19.9 Å². The van der Waals surface area contributed by atoms with Gasteiger partial charge >= 0.3 is 5.97 Å². The first-order valence-electron chi connectivity index (χ1n) is 9.19. The van der Waals surface area contributed by atoms with E-state index in [1.54, 1.807) is 6.20 Å². The average molecular weight is 346 g/mol. The fraction of sp³-hybridized carbons (Fsp3) is 0.684. The van der Waals surface area contributed by atoms with E-state index in [0.29, 0.717) is 23.3 Å². The maximum Gasteiger partial charge on any atom is 0.343 e. The van der Waals surface area contributed by atoms with Crippen molar-refractivity contribution in [3.8, 4) is 0 Å². The Morgan fingerprint density at radius 2 is 1.96 bits per heavy atom. The topological polar surface area (TPSA) is 57.7 Å². The van der Waals surface area contributed by atoms with E-state index in [-0.39, 0.29) is 5.97 Å². The smallest absolute Gasteiger partial charge is 0.343 e. The number of carbonyl (C=O) groups is 1. The quantitative estimate of drug-likeness (QED) is 0.825. The molecule has 0 unspecified atom stereocenters. The highest BCUT2D eigenvalue weighted by molar-refractivity contribution is 5.99. The normalized spacial score (nSPS) is 21.9. The van der Waals surface area contributed by atoms with Crippen molar-refractivity contribution in [1.82, 2.24) is 14.8 Å². The Balaban J connectivity index is 1.74. The van der Waals surface area contributed by atoms with Gasteiger partial charge in [0.25, 0.3) is 0 Å². The SMILES string of the molecule is CC(C)[C@H](CNc1nccc2c1C(=O)OC2(C)C)N1CCN(C)CC1. The summed E-state index contributed by atoms with van der Waals surface area (Å²) in [5.41, 5.74) is 0.921. The van der Waals surface area contributed by atoms with Gasteiger partial charge in [0.2, 0.25) is 0 Å². The fourth-order valence-electron chi connectivity index (χ4n) is 3.78. The first-order chi connectivity index (χ1) is 11.8. The van der Waals surface area contributed by atoms with Crippen LogP contribution in [0.2, 0.25) is 0 Å². The molecule has 0 aliphatic carbocycles. The summed E-state index contributed by atoms with van der Waals surface area (Å²) in [7, 11) is 2.17. The van der Waals surface area contributed by atoms with Crippen LogP contribution < -0.4 is 5.32 Å². The molecule has 1 aromatic rings. The number of pyridine rings is 1. The standard InChI is InChI=1S/C19H30N4O2/c1-13(2)15(23-10-8-22(5)9-11-23)12-21-17-16-14(6-7-20-17)19(3,4)25-18(16)24/h6-7,13,15H,8-12H2,1-5H3,(H,20,21)/t15-/m0/s1. The van der Waals surface area contributed by atoms with Crippen LogP contribution >= 0.6 is 0 Å². The molecule has 0 spiro atoms. The van der Waals surface area contributed by atoms with E-state index in [4.69, 9.17) is 4.74 Å². The Morgan fingerprint density at radius 1 is 1.28 bits per heavy atom. The summed E-state index contributed by atoms with van der Waals surface area (Å²) in [6.07, 6.45) is 1.76. The molecule has 138 valence electrons. The number of hydrogen-bond acceptors (Lipinski definition) is 6. The van der Waals surface area contributed by atoms with Crippen molar-refractivity contribution in [2.75, 3.05) is 45.1 Å². The average Bonchev–Trinajstić information content (AvgIpc) is 2.79. The molecule has 1 aromatic heterocycles. The summed E-state index contributed by atoms with van der Waals surface area (Å²) in [5.74, 6) is 0.889. The number of cyclic esters (lactones) is 1. The number of anilines is 1. The van der Waals surface area contributed by atoms with Gasteiger partial charge in [-0.15, -0.1) is 0 Å². The number of ether oxygens (including phenoxy) is 1. The molecule has 0 saturated carbocycles. The molecular weight excluding hydrogens is 316 g/mol. The van der Waals surface area contributed by atoms with Crippen LogP contribution in [0, 0.1) is 5.92 Å². The van der Waals surface area contributed by atoms with Crippen molar-refractivity contribution >= 4 is 11.8 Å². The molecule has 2 aliphatic rings. The number of nitrogens with one attached hydrogen (secondary N) is 1. The molecule has 1 fully saturated rings. The molecule has 25 heavy (non-hydrogen) atoms. The molecular formula is C19H30N4O2. The zero-order chi connectivity index (χ0) is 18.2. The van der Waals surface area contributed by atoms with Crippen molar-refractivity contribution in [1.29, 1.82) is 0 Å². The molecule has 1 atom stereocenters. The zero-order valence-corrected chi connectivity index (χ0v) is 16.0. The summed E-state index contributed by atoms with van der Waals surface area (Å²) >= 11 is 0. The largest absolute Gasteiger partial charge is 0.451 e. The van der Waals surface area contributed by atoms with E-state index in [1.165, 1.54) is 0 Å². The van der Waals surface area contributed by atoms with Gasteiger partial charge in [0.05, 0.1) is 0 Å². The summed E-state index contributed by atoms with van der Waals surface area (Å²) in [5, 5.41) is 3.44. The minimum Gasteiger partial charge on any atom is -0.451 e. The number of fused-ring (bicyclic) bond motifs is 1. The van der Waals surface area contributed by atoms with E-state index in [9.17, 15) is 4.79 Å². The number of piperazine rings is 1. The first kappa shape index (κ1) is 18.1. The summed E-state index contributed by atoms with van der Waals surface area (Å²) in [6.45, 7) is 13.5. The molecule has 0 amide bonds. The summed E-state index contributed by atoms with van der Waals surface area (Å²) in [6, 6.07) is 2.29. The third-order valence-electron chi connectivity index (χ3n) is 5.41. The summed E-state index contributed by atoms with van der Waals surface area (Å²) in [4.78, 5) is 21.6. The van der Waals surface area contributed by atoms with Crippen LogP contribution in [0.4, 0.5) is 5.82 Å². The summed E-state index contributed by atoms with van der Waals surface area (Å²) < 4.78 is 5.51. The van der Waals surface area contributed by atoms with E-state index in [2.05, 4.69) is 41.0 Å². The number of aromatic nitrogens is 1. The van der Waals surface area contributed by atoms with Gasteiger partial charge in [-0.25, -0.2) is 9.78 Å². The van der Waals surface area contributed by atoms with Gasteiger partial charge in [-0.1, -0.05) is 13.8 Å². The lowest BCUT2D eigenvalue weighted by atomic mass is 9.97. The number of nitrogens with zero attached hydrogens (tertiary/aromatic N) is 3. The van der Waals surface area contributed by atoms with Crippen molar-refractivity contribution in [3.63, 3.8) is 0 Å². The molecule has 1 saturated heterocycles.